The van der Waals surface area contributed by atoms with E-state index in [0.717, 1.165) is 11.3 Å². The number of benzene rings is 2. The van der Waals surface area contributed by atoms with Gasteiger partial charge >= 0.3 is 0 Å². The zero-order valence-electron chi connectivity index (χ0n) is 16.6. The number of carbonyl (C=O) groups excluding carboxylic acids is 1. The molecule has 0 aliphatic heterocycles. The van der Waals surface area contributed by atoms with Crippen molar-refractivity contribution in [1.29, 1.82) is 0 Å². The van der Waals surface area contributed by atoms with Gasteiger partial charge in [0.15, 0.2) is 6.61 Å². The molecule has 0 bridgehead atoms. The Morgan fingerprint density at radius 3 is 2.35 bits per heavy atom. The molecule has 0 aliphatic carbocycles. The third-order valence-electron chi connectivity index (χ3n) is 3.99. The highest BCUT2D eigenvalue weighted by atomic mass is 35.5. The molecule has 1 N–H and O–H groups in total. The molecule has 0 saturated heterocycles. The second kappa shape index (κ2) is 9.94. The van der Waals surface area contributed by atoms with Gasteiger partial charge in [-0.2, -0.15) is 8.42 Å². The lowest BCUT2D eigenvalue weighted by Gasteiger charge is -2.21. The molecule has 1 amide bonds. The minimum absolute atomic E-state index is 0.0501. The molecular weight excluding hydrogens is 464 g/mol. The Kier molecular flexibility index (Phi) is 7.31. The minimum atomic E-state index is -3.96. The second-order valence-electron chi connectivity index (χ2n) is 6.03. The molecule has 2 aromatic carbocycles. The number of anilines is 2. The predicted molar refractivity (Wildman–Crippen MR) is 119 cm³/mol. The van der Waals surface area contributed by atoms with Crippen LogP contribution >= 0.6 is 22.9 Å². The maximum absolute atomic E-state index is 13.0. The second-order valence-corrected chi connectivity index (χ2v) is 9.48. The van der Waals surface area contributed by atoms with Crippen LogP contribution in [0.2, 0.25) is 5.02 Å². The summed E-state index contributed by atoms with van der Waals surface area (Å²) >= 11 is 6.56. The van der Waals surface area contributed by atoms with Crippen LogP contribution in [0.15, 0.2) is 52.9 Å². The summed E-state index contributed by atoms with van der Waals surface area (Å²) in [5.74, 6) is 0.578. The molecule has 3 aromatic rings. The van der Waals surface area contributed by atoms with Gasteiger partial charge in [0.1, 0.15) is 11.5 Å². The standard InChI is InChI=1S/C19H19ClN4O5S2/c1-3-24(14-6-10-15(28-2)11-7-14)31(26,27)19-23-22-18(30-19)21-17(25)12-29-16-8-4-13(20)5-9-16/h4-11H,3,12H2,1-2H3,(H,21,22,25). The van der Waals surface area contributed by atoms with Gasteiger partial charge in [-0.15, -0.1) is 10.2 Å². The zero-order chi connectivity index (χ0) is 22.4. The number of hydrogen-bond acceptors (Lipinski definition) is 8. The molecule has 0 radical (unpaired) electrons. The Morgan fingerprint density at radius 1 is 1.10 bits per heavy atom. The summed E-state index contributed by atoms with van der Waals surface area (Å²) < 4.78 is 37.4. The van der Waals surface area contributed by atoms with Crippen molar-refractivity contribution >= 4 is 49.7 Å². The zero-order valence-corrected chi connectivity index (χ0v) is 19.0. The van der Waals surface area contributed by atoms with Gasteiger partial charge in [0.05, 0.1) is 12.8 Å². The number of nitrogens with one attached hydrogen (secondary N) is 1. The summed E-state index contributed by atoms with van der Waals surface area (Å²) in [7, 11) is -2.43. The molecule has 31 heavy (non-hydrogen) atoms. The average Bonchev–Trinajstić information content (AvgIpc) is 3.23. The first-order valence-corrected chi connectivity index (χ1v) is 11.7. The van der Waals surface area contributed by atoms with Crippen molar-refractivity contribution in [2.75, 3.05) is 29.9 Å². The van der Waals surface area contributed by atoms with Crippen LogP contribution in [0, 0.1) is 0 Å². The maximum Gasteiger partial charge on any atom is 0.293 e. The fourth-order valence-electron chi connectivity index (χ4n) is 2.53. The largest absolute Gasteiger partial charge is 0.497 e. The Hall–Kier alpha value is -2.89. The molecule has 1 heterocycles. The quantitative estimate of drug-likeness (QED) is 0.465. The lowest BCUT2D eigenvalue weighted by molar-refractivity contribution is -0.118. The number of carbonyl (C=O) groups is 1. The van der Waals surface area contributed by atoms with Crippen molar-refractivity contribution in [3.8, 4) is 11.5 Å². The smallest absolute Gasteiger partial charge is 0.293 e. The van der Waals surface area contributed by atoms with Crippen molar-refractivity contribution in [3.63, 3.8) is 0 Å². The van der Waals surface area contributed by atoms with Crippen LogP contribution in [0.1, 0.15) is 6.92 Å². The van der Waals surface area contributed by atoms with Crippen LogP contribution < -0.4 is 19.1 Å². The molecule has 1 aromatic heterocycles. The van der Waals surface area contributed by atoms with E-state index in [1.807, 2.05) is 0 Å². The molecule has 0 fully saturated rings. The summed E-state index contributed by atoms with van der Waals surface area (Å²) in [5.41, 5.74) is 0.459. The molecule has 164 valence electrons. The normalized spacial score (nSPS) is 11.1. The van der Waals surface area contributed by atoms with E-state index in [-0.39, 0.29) is 22.6 Å². The minimum Gasteiger partial charge on any atom is -0.497 e. The van der Waals surface area contributed by atoms with Crippen molar-refractivity contribution < 1.29 is 22.7 Å². The highest BCUT2D eigenvalue weighted by Gasteiger charge is 2.28. The lowest BCUT2D eigenvalue weighted by Crippen LogP contribution is -2.30. The first-order valence-electron chi connectivity index (χ1n) is 9.02. The SMILES string of the molecule is CCN(c1ccc(OC)cc1)S(=O)(=O)c1nnc(NC(=O)COc2ccc(Cl)cc2)s1. The molecular formula is C19H19ClN4O5S2. The summed E-state index contributed by atoms with van der Waals surface area (Å²) in [5, 5.41) is 10.6. The van der Waals surface area contributed by atoms with Crippen molar-refractivity contribution in [1.82, 2.24) is 10.2 Å². The average molecular weight is 483 g/mol. The summed E-state index contributed by atoms with van der Waals surface area (Å²) in [6, 6.07) is 13.1. The molecule has 3 rings (SSSR count). The first-order chi connectivity index (χ1) is 14.8. The van der Waals surface area contributed by atoms with Gasteiger partial charge in [-0.1, -0.05) is 22.9 Å². The summed E-state index contributed by atoms with van der Waals surface area (Å²) in [6.07, 6.45) is 0. The van der Waals surface area contributed by atoms with E-state index in [4.69, 9.17) is 21.1 Å². The predicted octanol–water partition coefficient (Wildman–Crippen LogP) is 3.43. The summed E-state index contributed by atoms with van der Waals surface area (Å²) in [6.45, 7) is 1.61. The Balaban J connectivity index is 1.67. The number of halogens is 1. The van der Waals surface area contributed by atoms with Crippen LogP contribution in [0.4, 0.5) is 10.8 Å². The van der Waals surface area contributed by atoms with E-state index in [2.05, 4.69) is 15.5 Å². The van der Waals surface area contributed by atoms with Crippen molar-refractivity contribution in [3.05, 3.63) is 53.6 Å². The van der Waals surface area contributed by atoms with Gasteiger partial charge in [-0.3, -0.25) is 14.4 Å². The van der Waals surface area contributed by atoms with Gasteiger partial charge in [-0.25, -0.2) is 0 Å². The number of ether oxygens (including phenoxy) is 2. The van der Waals surface area contributed by atoms with Crippen molar-refractivity contribution in [2.45, 2.75) is 11.3 Å². The van der Waals surface area contributed by atoms with Crippen LogP contribution in [-0.4, -0.2) is 44.8 Å². The molecule has 9 nitrogen and oxygen atoms in total. The van der Waals surface area contributed by atoms with E-state index in [0.29, 0.717) is 22.2 Å². The van der Waals surface area contributed by atoms with Crippen LogP contribution in [0.3, 0.4) is 0 Å². The number of rotatable bonds is 9. The van der Waals surface area contributed by atoms with E-state index in [9.17, 15) is 13.2 Å². The van der Waals surface area contributed by atoms with Gasteiger partial charge in [0.25, 0.3) is 20.3 Å². The molecule has 0 aliphatic rings. The number of sulfonamides is 1. The fourth-order valence-corrected chi connectivity index (χ4v) is 5.15. The van der Waals surface area contributed by atoms with E-state index in [1.165, 1.54) is 11.4 Å². The molecule has 0 saturated carbocycles. The molecule has 0 spiro atoms. The Morgan fingerprint density at radius 2 is 1.74 bits per heavy atom. The first kappa shape index (κ1) is 22.8. The highest BCUT2D eigenvalue weighted by molar-refractivity contribution is 7.94. The van der Waals surface area contributed by atoms with Gasteiger partial charge in [-0.05, 0) is 55.5 Å². The third-order valence-corrected chi connectivity index (χ3v) is 7.33. The lowest BCUT2D eigenvalue weighted by atomic mass is 10.3. The van der Waals surface area contributed by atoms with E-state index >= 15 is 0 Å². The summed E-state index contributed by atoms with van der Waals surface area (Å²) in [4.78, 5) is 12.1. The molecule has 0 atom stereocenters. The molecule has 12 heteroatoms. The fraction of sp³-hybridized carbons (Fsp3) is 0.211. The molecule has 0 unspecified atom stereocenters. The van der Waals surface area contributed by atoms with E-state index < -0.39 is 15.9 Å². The van der Waals surface area contributed by atoms with Crippen molar-refractivity contribution in [2.24, 2.45) is 0 Å². The number of amides is 1. The van der Waals surface area contributed by atoms with Crippen LogP contribution in [0.5, 0.6) is 11.5 Å². The Labute approximate surface area is 188 Å². The number of nitrogens with zero attached hydrogens (tertiary/aromatic N) is 3. The number of methoxy groups -OCH3 is 1. The maximum atomic E-state index is 13.0. The van der Waals surface area contributed by atoms with Gasteiger partial charge in [0.2, 0.25) is 5.13 Å². The van der Waals surface area contributed by atoms with E-state index in [1.54, 1.807) is 55.5 Å². The number of hydrogen-bond donors (Lipinski definition) is 1. The van der Waals surface area contributed by atoms with Crippen LogP contribution in [-0.2, 0) is 14.8 Å². The topological polar surface area (TPSA) is 111 Å². The highest BCUT2D eigenvalue weighted by Crippen LogP contribution is 2.28. The Bertz CT molecular complexity index is 1130. The third kappa shape index (κ3) is 5.63. The van der Waals surface area contributed by atoms with Crippen LogP contribution in [0.25, 0.3) is 0 Å². The monoisotopic (exact) mass is 482 g/mol. The van der Waals surface area contributed by atoms with Gasteiger partial charge in [0, 0.05) is 11.6 Å². The number of aromatic nitrogens is 2. The van der Waals surface area contributed by atoms with Gasteiger partial charge < -0.3 is 9.47 Å².